The quantitative estimate of drug-likeness (QED) is 0.693. The smallest absolute Gasteiger partial charge is 0.237 e. The van der Waals surface area contributed by atoms with Crippen LogP contribution >= 0.6 is 0 Å². The minimum absolute atomic E-state index is 0.399. The molecule has 112 valence electrons. The number of amides is 1. The second kappa shape index (κ2) is 6.71. The number of nitrogens with zero attached hydrogens (tertiary/aromatic N) is 1. The van der Waals surface area contributed by atoms with E-state index in [1.54, 1.807) is 6.92 Å². The SMILES string of the molecule is CCC1(C)CCN(CCCCC(C)(N)C(N)=O)CC1. The van der Waals surface area contributed by atoms with Crippen molar-refractivity contribution in [2.75, 3.05) is 19.6 Å². The maximum Gasteiger partial charge on any atom is 0.237 e. The highest BCUT2D eigenvalue weighted by Gasteiger charge is 2.28. The lowest BCUT2D eigenvalue weighted by molar-refractivity contribution is -0.122. The molecule has 1 saturated heterocycles. The second-order valence-electron chi connectivity index (χ2n) is 6.74. The van der Waals surface area contributed by atoms with Gasteiger partial charge in [-0.1, -0.05) is 20.3 Å². The van der Waals surface area contributed by atoms with Crippen LogP contribution in [-0.4, -0.2) is 36.0 Å². The molecule has 0 aromatic carbocycles. The number of nitrogens with two attached hydrogens (primary N) is 2. The summed E-state index contributed by atoms with van der Waals surface area (Å²) in [6.45, 7) is 9.95. The van der Waals surface area contributed by atoms with Crippen LogP contribution in [0.1, 0.15) is 59.3 Å². The molecular formula is C15H31N3O. The molecule has 0 bridgehead atoms. The minimum Gasteiger partial charge on any atom is -0.368 e. The van der Waals surface area contributed by atoms with Crippen molar-refractivity contribution >= 4 is 5.91 Å². The Morgan fingerprint density at radius 1 is 1.32 bits per heavy atom. The Kier molecular flexibility index (Phi) is 5.81. The third-order valence-corrected chi connectivity index (χ3v) is 4.90. The lowest BCUT2D eigenvalue weighted by Crippen LogP contribution is -2.49. The summed E-state index contributed by atoms with van der Waals surface area (Å²) in [5.41, 5.74) is 10.8. The zero-order valence-electron chi connectivity index (χ0n) is 12.9. The fourth-order valence-electron chi connectivity index (χ4n) is 2.62. The molecule has 1 fully saturated rings. The number of piperidine rings is 1. The highest BCUT2D eigenvalue weighted by atomic mass is 16.1. The molecule has 4 heteroatoms. The van der Waals surface area contributed by atoms with Crippen LogP contribution in [0.15, 0.2) is 0 Å². The number of likely N-dealkylation sites (tertiary alicyclic amines) is 1. The molecule has 1 aliphatic heterocycles. The van der Waals surface area contributed by atoms with Crippen molar-refractivity contribution in [3.05, 3.63) is 0 Å². The highest BCUT2D eigenvalue weighted by molar-refractivity contribution is 5.83. The first-order valence-corrected chi connectivity index (χ1v) is 7.60. The molecule has 0 radical (unpaired) electrons. The lowest BCUT2D eigenvalue weighted by atomic mass is 9.78. The Morgan fingerprint density at radius 2 is 1.89 bits per heavy atom. The zero-order chi connectivity index (χ0) is 14.5. The first-order valence-electron chi connectivity index (χ1n) is 7.60. The third-order valence-electron chi connectivity index (χ3n) is 4.90. The molecule has 1 amide bonds. The summed E-state index contributed by atoms with van der Waals surface area (Å²) in [6.07, 6.45) is 6.65. The van der Waals surface area contributed by atoms with Gasteiger partial charge in [-0.05, 0) is 64.1 Å². The van der Waals surface area contributed by atoms with Crippen molar-refractivity contribution < 1.29 is 4.79 Å². The van der Waals surface area contributed by atoms with E-state index in [0.29, 0.717) is 11.8 Å². The van der Waals surface area contributed by atoms with Crippen molar-refractivity contribution in [1.29, 1.82) is 0 Å². The molecule has 19 heavy (non-hydrogen) atoms. The van der Waals surface area contributed by atoms with Crippen molar-refractivity contribution in [1.82, 2.24) is 4.90 Å². The molecule has 4 N–H and O–H groups in total. The van der Waals surface area contributed by atoms with Gasteiger partial charge >= 0.3 is 0 Å². The molecule has 1 aliphatic rings. The van der Waals surface area contributed by atoms with Crippen LogP contribution in [0.5, 0.6) is 0 Å². The van der Waals surface area contributed by atoms with Crippen molar-refractivity contribution in [2.45, 2.75) is 64.8 Å². The Balaban J connectivity index is 2.17. The second-order valence-corrected chi connectivity index (χ2v) is 6.74. The van der Waals surface area contributed by atoms with Crippen LogP contribution < -0.4 is 11.5 Å². The third kappa shape index (κ3) is 5.11. The largest absolute Gasteiger partial charge is 0.368 e. The Hall–Kier alpha value is -0.610. The maximum atomic E-state index is 11.1. The first-order chi connectivity index (χ1) is 8.79. The minimum atomic E-state index is -0.845. The summed E-state index contributed by atoms with van der Waals surface area (Å²) in [5, 5.41) is 0. The summed E-state index contributed by atoms with van der Waals surface area (Å²) >= 11 is 0. The normalized spacial score (nSPS) is 22.9. The number of hydrogen-bond donors (Lipinski definition) is 2. The molecule has 0 aromatic rings. The average molecular weight is 269 g/mol. The summed E-state index contributed by atoms with van der Waals surface area (Å²) in [7, 11) is 0. The Labute approximate surface area is 117 Å². The van der Waals surface area contributed by atoms with Crippen LogP contribution in [0.4, 0.5) is 0 Å². The highest BCUT2D eigenvalue weighted by Crippen LogP contribution is 2.33. The molecule has 0 aromatic heterocycles. The Bertz CT molecular complexity index is 294. The molecule has 1 heterocycles. The standard InChI is InChI=1S/C15H31N3O/c1-4-14(2)8-11-18(12-9-14)10-6-5-7-15(3,17)13(16)19/h4-12,17H2,1-3H3,(H2,16,19). The molecule has 4 nitrogen and oxygen atoms in total. The topological polar surface area (TPSA) is 72.3 Å². The maximum absolute atomic E-state index is 11.1. The van der Waals surface area contributed by atoms with Crippen molar-refractivity contribution in [3.8, 4) is 0 Å². The average Bonchev–Trinajstić information content (AvgIpc) is 2.37. The molecule has 0 aliphatic carbocycles. The summed E-state index contributed by atoms with van der Waals surface area (Å²) in [5.74, 6) is -0.399. The van der Waals surface area contributed by atoms with Crippen LogP contribution in [0, 0.1) is 5.41 Å². The van der Waals surface area contributed by atoms with Gasteiger partial charge in [0.1, 0.15) is 0 Å². The lowest BCUT2D eigenvalue weighted by Gasteiger charge is -2.39. The Morgan fingerprint density at radius 3 is 2.37 bits per heavy atom. The van der Waals surface area contributed by atoms with E-state index in [0.717, 1.165) is 19.4 Å². The summed E-state index contributed by atoms with van der Waals surface area (Å²) < 4.78 is 0. The number of carbonyl (C=O) groups excluding carboxylic acids is 1. The summed E-state index contributed by atoms with van der Waals surface area (Å²) in [4.78, 5) is 13.6. The number of unbranched alkanes of at least 4 members (excludes halogenated alkanes) is 1. The van der Waals surface area contributed by atoms with Crippen LogP contribution in [-0.2, 0) is 4.79 Å². The van der Waals surface area contributed by atoms with Gasteiger partial charge in [-0.25, -0.2) is 0 Å². The van der Waals surface area contributed by atoms with E-state index in [1.807, 2.05) is 0 Å². The van der Waals surface area contributed by atoms with Gasteiger partial charge in [0.05, 0.1) is 5.54 Å². The van der Waals surface area contributed by atoms with Gasteiger partial charge in [-0.3, -0.25) is 4.79 Å². The van der Waals surface area contributed by atoms with Crippen LogP contribution in [0.3, 0.4) is 0 Å². The van der Waals surface area contributed by atoms with E-state index < -0.39 is 11.4 Å². The van der Waals surface area contributed by atoms with Gasteiger partial charge in [0.15, 0.2) is 0 Å². The number of carbonyl (C=O) groups is 1. The van der Waals surface area contributed by atoms with E-state index in [2.05, 4.69) is 18.7 Å². The van der Waals surface area contributed by atoms with Gasteiger partial charge in [0.2, 0.25) is 5.91 Å². The molecule has 0 saturated carbocycles. The fraction of sp³-hybridized carbons (Fsp3) is 0.933. The van der Waals surface area contributed by atoms with E-state index in [1.165, 1.54) is 32.4 Å². The summed E-state index contributed by atoms with van der Waals surface area (Å²) in [6, 6.07) is 0. The van der Waals surface area contributed by atoms with E-state index in [9.17, 15) is 4.79 Å². The molecule has 1 unspecified atom stereocenters. The molecule has 0 spiro atoms. The number of primary amides is 1. The van der Waals surface area contributed by atoms with Gasteiger partial charge in [0, 0.05) is 0 Å². The predicted molar refractivity (Wildman–Crippen MR) is 79.7 cm³/mol. The van der Waals surface area contributed by atoms with Gasteiger partial charge in [0.25, 0.3) is 0 Å². The van der Waals surface area contributed by atoms with E-state index in [-0.39, 0.29) is 0 Å². The number of rotatable bonds is 7. The van der Waals surface area contributed by atoms with E-state index in [4.69, 9.17) is 11.5 Å². The van der Waals surface area contributed by atoms with Crippen molar-refractivity contribution in [3.63, 3.8) is 0 Å². The van der Waals surface area contributed by atoms with Crippen LogP contribution in [0.25, 0.3) is 0 Å². The predicted octanol–water partition coefficient (Wildman–Crippen LogP) is 1.87. The van der Waals surface area contributed by atoms with Crippen LogP contribution in [0.2, 0.25) is 0 Å². The van der Waals surface area contributed by atoms with Crippen molar-refractivity contribution in [2.24, 2.45) is 16.9 Å². The van der Waals surface area contributed by atoms with E-state index >= 15 is 0 Å². The molecular weight excluding hydrogens is 238 g/mol. The van der Waals surface area contributed by atoms with Gasteiger partial charge < -0.3 is 16.4 Å². The molecule has 1 atom stereocenters. The van der Waals surface area contributed by atoms with Gasteiger partial charge in [-0.2, -0.15) is 0 Å². The number of hydrogen-bond acceptors (Lipinski definition) is 3. The molecule has 1 rings (SSSR count). The fourth-order valence-corrected chi connectivity index (χ4v) is 2.62. The van der Waals surface area contributed by atoms with Gasteiger partial charge in [-0.15, -0.1) is 0 Å². The zero-order valence-corrected chi connectivity index (χ0v) is 12.9. The monoisotopic (exact) mass is 269 g/mol. The first kappa shape index (κ1) is 16.4.